The molecule has 0 bridgehead atoms. The van der Waals surface area contributed by atoms with E-state index in [1.54, 1.807) is 12.2 Å². The maximum absolute atomic E-state index is 12.5. The molecule has 112 valence electrons. The fourth-order valence-corrected chi connectivity index (χ4v) is 6.35. The molecule has 0 amide bonds. The van der Waals surface area contributed by atoms with Crippen molar-refractivity contribution in [1.82, 2.24) is 0 Å². The maximum Gasteiger partial charge on any atom is 0.342 e. The minimum Gasteiger partial charge on any atom is -0.392 e. The topological polar surface area (TPSA) is 86.7 Å². The number of esters is 4. The average Bonchev–Trinajstić information content (AvgIpc) is 2.66. The third-order valence-corrected chi connectivity index (χ3v) is 6.79. The Morgan fingerprint density at radius 1 is 0.818 bits per heavy atom. The molecule has 2 atom stereocenters. The van der Waals surface area contributed by atoms with Gasteiger partial charge in [-0.05, 0) is 12.8 Å². The van der Waals surface area contributed by atoms with Crippen LogP contribution in [-0.4, -0.2) is 23.9 Å². The summed E-state index contributed by atoms with van der Waals surface area (Å²) in [6, 6.07) is 0. The largest absolute Gasteiger partial charge is 0.392 e. The Balaban J connectivity index is 1.96. The molecular weight excluding hydrogens is 288 g/mol. The first-order valence-corrected chi connectivity index (χ1v) is 7.41. The molecular formula is C16H12O6. The van der Waals surface area contributed by atoms with Crippen molar-refractivity contribution in [2.75, 3.05) is 0 Å². The highest BCUT2D eigenvalue weighted by atomic mass is 16.6. The average molecular weight is 300 g/mol. The molecule has 1 saturated carbocycles. The molecule has 0 aromatic rings. The third kappa shape index (κ3) is 0.648. The van der Waals surface area contributed by atoms with Gasteiger partial charge in [0, 0.05) is 22.0 Å². The van der Waals surface area contributed by atoms with Crippen LogP contribution in [0.15, 0.2) is 23.3 Å². The van der Waals surface area contributed by atoms with Crippen LogP contribution in [0.5, 0.6) is 0 Å². The highest BCUT2D eigenvalue weighted by Gasteiger charge is 3.05. The summed E-state index contributed by atoms with van der Waals surface area (Å²) < 4.78 is 9.68. The molecule has 2 spiro atoms. The number of carbonyl (C=O) groups excluding carboxylic acids is 4. The summed E-state index contributed by atoms with van der Waals surface area (Å²) in [6.45, 7) is 3.75. The van der Waals surface area contributed by atoms with Crippen molar-refractivity contribution in [2.24, 2.45) is 21.7 Å². The van der Waals surface area contributed by atoms with Crippen LogP contribution >= 0.6 is 0 Å². The fraction of sp³-hybridized carbons (Fsp3) is 0.500. The molecule has 2 unspecified atom stereocenters. The molecule has 2 aliphatic heterocycles. The third-order valence-electron chi connectivity index (χ3n) is 6.79. The van der Waals surface area contributed by atoms with E-state index < -0.39 is 45.5 Å². The van der Waals surface area contributed by atoms with E-state index in [1.807, 2.05) is 13.8 Å². The van der Waals surface area contributed by atoms with Crippen LogP contribution in [0.25, 0.3) is 0 Å². The molecule has 0 radical (unpaired) electrons. The van der Waals surface area contributed by atoms with Crippen LogP contribution < -0.4 is 0 Å². The van der Waals surface area contributed by atoms with Crippen molar-refractivity contribution in [3.8, 4) is 0 Å². The van der Waals surface area contributed by atoms with E-state index in [1.165, 1.54) is 0 Å². The molecule has 2 heterocycles. The van der Waals surface area contributed by atoms with Gasteiger partial charge in [0.2, 0.25) is 0 Å². The van der Waals surface area contributed by atoms with E-state index in [9.17, 15) is 19.2 Å². The van der Waals surface area contributed by atoms with Gasteiger partial charge in [-0.3, -0.25) is 9.59 Å². The van der Waals surface area contributed by atoms with Crippen molar-refractivity contribution in [1.29, 1.82) is 0 Å². The smallest absolute Gasteiger partial charge is 0.342 e. The minimum absolute atomic E-state index is 0.336. The highest BCUT2D eigenvalue weighted by Crippen LogP contribution is 2.98. The van der Waals surface area contributed by atoms with Crippen LogP contribution in [0.2, 0.25) is 0 Å². The number of hydrogen-bond acceptors (Lipinski definition) is 6. The van der Waals surface area contributed by atoms with E-state index in [-0.39, 0.29) is 0 Å². The zero-order chi connectivity index (χ0) is 15.7. The molecule has 0 aromatic carbocycles. The molecule has 5 aliphatic rings. The van der Waals surface area contributed by atoms with Gasteiger partial charge in [0.15, 0.2) is 0 Å². The fourth-order valence-electron chi connectivity index (χ4n) is 6.35. The van der Waals surface area contributed by atoms with Crippen LogP contribution in [0.4, 0.5) is 0 Å². The molecule has 0 N–H and O–H groups in total. The number of hydrogen-bond donors (Lipinski definition) is 0. The highest BCUT2D eigenvalue weighted by molar-refractivity contribution is 6.22. The molecule has 3 aliphatic carbocycles. The van der Waals surface area contributed by atoms with Gasteiger partial charge < -0.3 is 9.47 Å². The lowest BCUT2D eigenvalue weighted by atomic mass is 9.61. The molecule has 22 heavy (non-hydrogen) atoms. The van der Waals surface area contributed by atoms with E-state index in [0.29, 0.717) is 24.0 Å². The molecule has 6 nitrogen and oxygen atoms in total. The summed E-state index contributed by atoms with van der Waals surface area (Å²) in [6.07, 6.45) is 4.09. The zero-order valence-corrected chi connectivity index (χ0v) is 12.0. The first kappa shape index (κ1) is 12.3. The first-order valence-electron chi connectivity index (χ1n) is 7.41. The molecule has 2 saturated heterocycles. The van der Waals surface area contributed by atoms with E-state index in [4.69, 9.17) is 9.47 Å². The lowest BCUT2D eigenvalue weighted by Crippen LogP contribution is -2.45. The van der Waals surface area contributed by atoms with E-state index in [0.717, 1.165) is 0 Å². The lowest BCUT2D eigenvalue weighted by Gasteiger charge is -2.41. The summed E-state index contributed by atoms with van der Waals surface area (Å²) in [5, 5.41) is 0. The Hall–Kier alpha value is -2.24. The van der Waals surface area contributed by atoms with Gasteiger partial charge in [-0.1, -0.05) is 26.0 Å². The van der Waals surface area contributed by atoms with E-state index >= 15 is 0 Å². The Bertz CT molecular complexity index is 758. The van der Waals surface area contributed by atoms with Crippen LogP contribution in [0.1, 0.15) is 26.7 Å². The lowest BCUT2D eigenvalue weighted by molar-refractivity contribution is -0.165. The van der Waals surface area contributed by atoms with Crippen molar-refractivity contribution in [3.05, 3.63) is 23.3 Å². The summed E-state index contributed by atoms with van der Waals surface area (Å²) in [7, 11) is 0. The molecule has 5 rings (SSSR count). The van der Waals surface area contributed by atoms with Crippen molar-refractivity contribution in [2.45, 2.75) is 26.7 Å². The Morgan fingerprint density at radius 2 is 1.32 bits per heavy atom. The second kappa shape index (κ2) is 2.83. The second-order valence-electron chi connectivity index (χ2n) is 6.60. The van der Waals surface area contributed by atoms with Gasteiger partial charge in [0.25, 0.3) is 0 Å². The monoisotopic (exact) mass is 300 g/mol. The Morgan fingerprint density at radius 3 is 1.73 bits per heavy atom. The van der Waals surface area contributed by atoms with Gasteiger partial charge in [-0.2, -0.15) is 0 Å². The van der Waals surface area contributed by atoms with Crippen LogP contribution in [0, 0.1) is 21.7 Å². The van der Waals surface area contributed by atoms with Crippen LogP contribution in [-0.2, 0) is 28.7 Å². The quantitative estimate of drug-likeness (QED) is 0.554. The summed E-state index contributed by atoms with van der Waals surface area (Å²) >= 11 is 0. The van der Waals surface area contributed by atoms with Gasteiger partial charge in [0.05, 0.1) is 0 Å². The van der Waals surface area contributed by atoms with Gasteiger partial charge in [0.1, 0.15) is 10.8 Å². The van der Waals surface area contributed by atoms with Gasteiger partial charge in [-0.15, -0.1) is 0 Å². The summed E-state index contributed by atoms with van der Waals surface area (Å²) in [5.41, 5.74) is -3.28. The first-order chi connectivity index (χ1) is 10.4. The van der Waals surface area contributed by atoms with Crippen molar-refractivity contribution >= 4 is 23.9 Å². The normalized spacial score (nSPS) is 49.4. The van der Waals surface area contributed by atoms with Crippen molar-refractivity contribution in [3.63, 3.8) is 0 Å². The number of rotatable bonds is 2. The minimum atomic E-state index is -1.13. The summed E-state index contributed by atoms with van der Waals surface area (Å²) in [5.74, 6) is -2.63. The summed E-state index contributed by atoms with van der Waals surface area (Å²) in [4.78, 5) is 49.4. The van der Waals surface area contributed by atoms with E-state index in [2.05, 4.69) is 0 Å². The van der Waals surface area contributed by atoms with Gasteiger partial charge >= 0.3 is 23.9 Å². The maximum atomic E-state index is 12.5. The van der Waals surface area contributed by atoms with Crippen molar-refractivity contribution < 1.29 is 28.7 Å². The Kier molecular flexibility index (Phi) is 1.58. The molecule has 3 fully saturated rings. The number of carbonyl (C=O) groups is 4. The predicted octanol–water partition coefficient (Wildman–Crippen LogP) is 0.812. The predicted molar refractivity (Wildman–Crippen MR) is 68.7 cm³/mol. The number of ether oxygens (including phenoxy) is 2. The molecule has 6 heteroatoms. The van der Waals surface area contributed by atoms with Crippen LogP contribution in [0.3, 0.4) is 0 Å². The Labute approximate surface area is 125 Å². The van der Waals surface area contributed by atoms with Gasteiger partial charge in [-0.25, -0.2) is 9.59 Å². The SMILES string of the molecule is CCC12C3=CC45C(=O)OC(=O)C4(C=C1C(=O)OC3=O)C25CC. The molecule has 0 aromatic heterocycles. The second-order valence-corrected chi connectivity index (χ2v) is 6.60. The standard InChI is InChI=1S/C16H12O6/c1-3-13-7-5-14-11(19)22-12(20)15(14,16(13,14)4-2)6-8(13)10(18)21-9(7)17/h5-6H,3-4H2,1-2H3. The number of cyclic esters (lactones) is 4. The zero-order valence-electron chi connectivity index (χ0n) is 12.0.